The van der Waals surface area contributed by atoms with Crippen molar-refractivity contribution in [3.63, 3.8) is 0 Å². The van der Waals surface area contributed by atoms with Crippen LogP contribution in [-0.4, -0.2) is 17.9 Å². The predicted molar refractivity (Wildman–Crippen MR) is 55.0 cm³/mol. The molecule has 9 nitrogen and oxygen atoms in total. The number of hydrogen-bond donors (Lipinski definition) is 3. The molecule has 19 heavy (non-hydrogen) atoms. The summed E-state index contributed by atoms with van der Waals surface area (Å²) in [7, 11) is 0. The van der Waals surface area contributed by atoms with E-state index >= 15 is 0 Å². The second-order valence-corrected chi connectivity index (χ2v) is 2.44. The molecule has 0 aromatic rings. The van der Waals surface area contributed by atoms with Gasteiger partial charge in [0.2, 0.25) is 0 Å². The number of carboxylic acid groups (broad SMARTS) is 3. The first-order valence-corrected chi connectivity index (χ1v) is 3.90. The Kier molecular flexibility index (Phi) is 19.7. The third-order valence-electron chi connectivity index (χ3n) is 0.787. The van der Waals surface area contributed by atoms with Crippen LogP contribution < -0.4 is 32.5 Å². The minimum atomic E-state index is -1.41. The van der Waals surface area contributed by atoms with Crippen molar-refractivity contribution in [1.29, 1.82) is 0 Å². The molecule has 108 valence electrons. The molecule has 0 aromatic carbocycles. The quantitative estimate of drug-likeness (QED) is 0.375. The van der Waals surface area contributed by atoms with Gasteiger partial charge in [-0.2, -0.15) is 0 Å². The Morgan fingerprint density at radius 1 is 0.632 bits per heavy atom. The largest absolute Gasteiger partial charge is 3.00 e. The van der Waals surface area contributed by atoms with Crippen LogP contribution in [0.15, 0.2) is 36.8 Å². The molecule has 0 atom stereocenters. The SMILES string of the molecule is C=C(N)C(=O)[O-].C=C(N)C(=O)[O-].C=C(N)C(=O)[O-].[Tb+3]. The maximum atomic E-state index is 9.36. The first-order chi connectivity index (χ1) is 7.93. The van der Waals surface area contributed by atoms with Crippen LogP contribution in [0.1, 0.15) is 0 Å². The van der Waals surface area contributed by atoms with E-state index in [9.17, 15) is 29.7 Å². The van der Waals surface area contributed by atoms with Crippen molar-refractivity contribution in [3.8, 4) is 0 Å². The maximum Gasteiger partial charge on any atom is 3.00 e. The van der Waals surface area contributed by atoms with Crippen LogP contribution in [0.3, 0.4) is 0 Å². The summed E-state index contributed by atoms with van der Waals surface area (Å²) in [5.41, 5.74) is 12.4. The minimum absolute atomic E-state index is 0. The Balaban J connectivity index is -0.0000000865. The molecule has 0 fully saturated rings. The van der Waals surface area contributed by atoms with Gasteiger partial charge >= 0.3 is 38.6 Å². The van der Waals surface area contributed by atoms with E-state index in [0.29, 0.717) is 0 Å². The molecule has 10 heteroatoms. The van der Waals surface area contributed by atoms with Crippen LogP contribution >= 0.6 is 0 Å². The second kappa shape index (κ2) is 14.4. The third-order valence-corrected chi connectivity index (χ3v) is 0.787. The number of rotatable bonds is 3. The predicted octanol–water partition coefficient (Wildman–Crippen LogP) is -5.37. The first-order valence-electron chi connectivity index (χ1n) is 3.90. The Hall–Kier alpha value is -1.68. The number of hydrogen-bond acceptors (Lipinski definition) is 9. The summed E-state index contributed by atoms with van der Waals surface area (Å²) >= 11 is 0. The van der Waals surface area contributed by atoms with Gasteiger partial charge in [0.15, 0.2) is 0 Å². The Morgan fingerprint density at radius 3 is 0.684 bits per heavy atom. The van der Waals surface area contributed by atoms with Gasteiger partial charge in [-0.1, -0.05) is 19.7 Å². The molecule has 0 aliphatic carbocycles. The van der Waals surface area contributed by atoms with E-state index in [1.165, 1.54) is 0 Å². The van der Waals surface area contributed by atoms with Crippen molar-refractivity contribution in [2.45, 2.75) is 0 Å². The first kappa shape index (κ1) is 26.0. The zero-order valence-corrected chi connectivity index (χ0v) is 11.8. The van der Waals surface area contributed by atoms with Gasteiger partial charge in [-0.25, -0.2) is 0 Å². The van der Waals surface area contributed by atoms with E-state index in [1.807, 2.05) is 0 Å². The molecule has 0 heterocycles. The van der Waals surface area contributed by atoms with Crippen molar-refractivity contribution >= 4 is 17.9 Å². The number of aliphatic carboxylic acids is 3. The summed E-state index contributed by atoms with van der Waals surface area (Å²) in [5, 5.41) is 28.1. The molecule has 0 aliphatic rings. The van der Waals surface area contributed by atoms with Crippen LogP contribution in [-0.2, 0) is 14.4 Å². The summed E-state index contributed by atoms with van der Waals surface area (Å²) in [4.78, 5) is 28.1. The van der Waals surface area contributed by atoms with Gasteiger partial charge in [0, 0.05) is 17.1 Å². The number of nitrogens with two attached hydrogens (primary N) is 3. The molecule has 0 bridgehead atoms. The molecule has 0 aliphatic heterocycles. The number of carbonyl (C=O) groups excluding carboxylic acids is 3. The van der Waals surface area contributed by atoms with Crippen molar-refractivity contribution in [1.82, 2.24) is 0 Å². The second-order valence-electron chi connectivity index (χ2n) is 2.44. The summed E-state index contributed by atoms with van der Waals surface area (Å²) in [6.45, 7) is 8.61. The zero-order valence-electron chi connectivity index (χ0n) is 9.64. The van der Waals surface area contributed by atoms with Gasteiger partial charge < -0.3 is 46.9 Å². The average molecular weight is 417 g/mol. The van der Waals surface area contributed by atoms with Crippen LogP contribution in [0.5, 0.6) is 0 Å². The van der Waals surface area contributed by atoms with Crippen LogP contribution in [0.2, 0.25) is 0 Å². The molecule has 0 saturated carbocycles. The fourth-order valence-corrected chi connectivity index (χ4v) is 0. The molecule has 0 amide bonds. The van der Waals surface area contributed by atoms with E-state index in [-0.39, 0.29) is 38.6 Å². The number of carbonyl (C=O) groups is 3. The molecule has 0 unspecified atom stereocenters. The van der Waals surface area contributed by atoms with Gasteiger partial charge in [0.05, 0.1) is 17.9 Å². The standard InChI is InChI=1S/3C3H5NO2.Tb/c3*1-2(4)3(5)6;/h3*1,4H2,(H,5,6);/q;;;+3/p-3. The molecular weight excluding hydrogens is 405 g/mol. The number of carboxylic acids is 3. The summed E-state index contributed by atoms with van der Waals surface area (Å²) in [6, 6.07) is 0. The van der Waals surface area contributed by atoms with Gasteiger partial charge in [0.25, 0.3) is 0 Å². The molecule has 0 saturated heterocycles. The van der Waals surface area contributed by atoms with Gasteiger partial charge in [0.1, 0.15) is 0 Å². The van der Waals surface area contributed by atoms with Gasteiger partial charge in [-0.05, 0) is 0 Å². The molecule has 6 N–H and O–H groups in total. The Bertz CT molecular complexity index is 287. The summed E-state index contributed by atoms with van der Waals surface area (Å²) in [6.07, 6.45) is 0. The van der Waals surface area contributed by atoms with E-state index in [0.717, 1.165) is 0 Å². The van der Waals surface area contributed by atoms with Crippen molar-refractivity contribution in [2.24, 2.45) is 17.2 Å². The van der Waals surface area contributed by atoms with E-state index in [2.05, 4.69) is 36.9 Å². The van der Waals surface area contributed by atoms with Crippen LogP contribution in [0.25, 0.3) is 0 Å². The summed E-state index contributed by atoms with van der Waals surface area (Å²) in [5.74, 6) is -4.22. The maximum absolute atomic E-state index is 9.36. The van der Waals surface area contributed by atoms with Crippen molar-refractivity contribution < 1.29 is 68.3 Å². The van der Waals surface area contributed by atoms with Gasteiger partial charge in [-0.3, -0.25) is 0 Å². The topological polar surface area (TPSA) is 198 Å². The minimum Gasteiger partial charge on any atom is -0.543 e. The van der Waals surface area contributed by atoms with Crippen molar-refractivity contribution in [2.75, 3.05) is 0 Å². The van der Waals surface area contributed by atoms with Crippen molar-refractivity contribution in [3.05, 3.63) is 36.8 Å². The van der Waals surface area contributed by atoms with Crippen LogP contribution in [0, 0.1) is 38.6 Å². The monoisotopic (exact) mass is 417 g/mol. The molecule has 0 rings (SSSR count). The molecular formula is C9H12N3O6Tb. The Labute approximate surface area is 139 Å². The normalized spacial score (nSPS) is 6.95. The van der Waals surface area contributed by atoms with Gasteiger partial charge in [-0.15, -0.1) is 0 Å². The van der Waals surface area contributed by atoms with E-state index in [4.69, 9.17) is 0 Å². The van der Waals surface area contributed by atoms with E-state index < -0.39 is 35.0 Å². The molecule has 0 aromatic heterocycles. The molecule has 0 spiro atoms. The average Bonchev–Trinajstić information content (AvgIpc) is 2.18. The van der Waals surface area contributed by atoms with E-state index in [1.54, 1.807) is 0 Å². The Morgan fingerprint density at radius 2 is 0.684 bits per heavy atom. The van der Waals surface area contributed by atoms with Crippen LogP contribution in [0.4, 0.5) is 0 Å². The summed E-state index contributed by atoms with van der Waals surface area (Å²) < 4.78 is 0. The smallest absolute Gasteiger partial charge is 0.543 e. The molecule has 0 radical (unpaired) electrons. The third kappa shape index (κ3) is 31.4. The fraction of sp³-hybridized carbons (Fsp3) is 0. The fourth-order valence-electron chi connectivity index (χ4n) is 0. The zero-order chi connectivity index (χ0) is 15.5.